The first-order valence-corrected chi connectivity index (χ1v) is 10.1. The van der Waals surface area contributed by atoms with Crippen LogP contribution in [-0.2, 0) is 13.5 Å². The zero-order chi connectivity index (χ0) is 20.1. The molecule has 1 fully saturated rings. The minimum Gasteiger partial charge on any atom is -0.463 e. The van der Waals surface area contributed by atoms with Gasteiger partial charge in [0.15, 0.2) is 5.76 Å². The van der Waals surface area contributed by atoms with Crippen LogP contribution in [0.25, 0.3) is 11.5 Å². The molecule has 0 bridgehead atoms. The molecule has 7 nitrogen and oxygen atoms in total. The predicted octanol–water partition coefficient (Wildman–Crippen LogP) is 3.51. The summed E-state index contributed by atoms with van der Waals surface area (Å²) in [6, 6.07) is 16.0. The molecule has 1 aromatic carbocycles. The molecular formula is C22H27N5O2. The van der Waals surface area contributed by atoms with Crippen molar-refractivity contribution in [1.82, 2.24) is 20.0 Å². The van der Waals surface area contributed by atoms with E-state index in [1.807, 2.05) is 18.2 Å². The number of anilines is 1. The van der Waals surface area contributed by atoms with E-state index >= 15 is 0 Å². The molecule has 3 heterocycles. The molecule has 29 heavy (non-hydrogen) atoms. The fourth-order valence-electron chi connectivity index (χ4n) is 3.70. The number of rotatable bonds is 6. The number of benzene rings is 1. The number of amides is 2. The maximum absolute atomic E-state index is 12.4. The van der Waals surface area contributed by atoms with E-state index < -0.39 is 0 Å². The number of urea groups is 1. The molecular weight excluding hydrogens is 366 g/mol. The number of aryl methyl sites for hydroxylation is 1. The van der Waals surface area contributed by atoms with E-state index in [-0.39, 0.29) is 12.1 Å². The summed E-state index contributed by atoms with van der Waals surface area (Å²) in [5, 5.41) is 10.4. The van der Waals surface area contributed by atoms with Gasteiger partial charge in [-0.1, -0.05) is 30.3 Å². The standard InChI is InChI=1S/C22H27N5O2/c1-26-21(16-19(25-26)20-8-5-15-29-20)24-22(28)23-18-10-13-27(14-11-18)12-9-17-6-3-2-4-7-17/h2-8,15-16,18H,9-14H2,1H3,(H2,23,24,28). The van der Waals surface area contributed by atoms with Gasteiger partial charge in [-0.15, -0.1) is 0 Å². The van der Waals surface area contributed by atoms with E-state index in [9.17, 15) is 4.79 Å². The summed E-state index contributed by atoms with van der Waals surface area (Å²) < 4.78 is 7.01. The Bertz CT molecular complexity index is 912. The molecule has 2 amide bonds. The van der Waals surface area contributed by atoms with Gasteiger partial charge in [0.1, 0.15) is 11.5 Å². The van der Waals surface area contributed by atoms with E-state index in [1.54, 1.807) is 18.0 Å². The number of hydrogen-bond acceptors (Lipinski definition) is 4. The molecule has 0 radical (unpaired) electrons. The summed E-state index contributed by atoms with van der Waals surface area (Å²) in [5.74, 6) is 1.31. The van der Waals surface area contributed by atoms with Gasteiger partial charge in [0.05, 0.1) is 6.26 Å². The maximum Gasteiger partial charge on any atom is 0.320 e. The number of carbonyl (C=O) groups excluding carboxylic acids is 1. The number of aromatic nitrogens is 2. The highest BCUT2D eigenvalue weighted by Gasteiger charge is 2.21. The van der Waals surface area contributed by atoms with E-state index in [0.717, 1.165) is 38.9 Å². The van der Waals surface area contributed by atoms with Gasteiger partial charge in [-0.25, -0.2) is 4.79 Å². The predicted molar refractivity (Wildman–Crippen MR) is 113 cm³/mol. The van der Waals surface area contributed by atoms with Gasteiger partial charge in [-0.05, 0) is 37.0 Å². The zero-order valence-corrected chi connectivity index (χ0v) is 16.7. The molecule has 0 unspecified atom stereocenters. The van der Waals surface area contributed by atoms with Crippen LogP contribution < -0.4 is 10.6 Å². The molecule has 0 atom stereocenters. The van der Waals surface area contributed by atoms with Gasteiger partial charge in [-0.2, -0.15) is 5.10 Å². The van der Waals surface area contributed by atoms with Crippen molar-refractivity contribution < 1.29 is 9.21 Å². The topological polar surface area (TPSA) is 75.3 Å². The normalized spacial score (nSPS) is 15.3. The van der Waals surface area contributed by atoms with Crippen LogP contribution in [0.3, 0.4) is 0 Å². The SMILES string of the molecule is Cn1nc(-c2ccco2)cc1NC(=O)NC1CCN(CCc2ccccc2)CC1. The Morgan fingerprint density at radius 2 is 1.97 bits per heavy atom. The number of hydrogen-bond donors (Lipinski definition) is 2. The van der Waals surface area contributed by atoms with Crippen LogP contribution in [-0.4, -0.2) is 46.4 Å². The summed E-state index contributed by atoms with van der Waals surface area (Å²) >= 11 is 0. The monoisotopic (exact) mass is 393 g/mol. The van der Waals surface area contributed by atoms with E-state index in [2.05, 4.69) is 51.0 Å². The highest BCUT2D eigenvalue weighted by molar-refractivity contribution is 5.89. The summed E-state index contributed by atoms with van der Waals surface area (Å²) in [6.45, 7) is 3.08. The lowest BCUT2D eigenvalue weighted by atomic mass is 10.0. The first-order valence-electron chi connectivity index (χ1n) is 10.1. The van der Waals surface area contributed by atoms with E-state index in [1.165, 1.54) is 5.56 Å². The largest absolute Gasteiger partial charge is 0.463 e. The van der Waals surface area contributed by atoms with Gasteiger partial charge in [0, 0.05) is 38.8 Å². The number of likely N-dealkylation sites (tertiary alicyclic amines) is 1. The Morgan fingerprint density at radius 1 is 1.17 bits per heavy atom. The maximum atomic E-state index is 12.4. The van der Waals surface area contributed by atoms with Crippen molar-refractivity contribution in [2.45, 2.75) is 25.3 Å². The van der Waals surface area contributed by atoms with Gasteiger partial charge in [-0.3, -0.25) is 10.00 Å². The third-order valence-corrected chi connectivity index (χ3v) is 5.38. The number of furan rings is 1. The summed E-state index contributed by atoms with van der Waals surface area (Å²) in [5.41, 5.74) is 2.07. The Morgan fingerprint density at radius 3 is 2.69 bits per heavy atom. The lowest BCUT2D eigenvalue weighted by Crippen LogP contribution is -2.46. The Kier molecular flexibility index (Phi) is 5.95. The minimum atomic E-state index is -0.193. The van der Waals surface area contributed by atoms with Crippen molar-refractivity contribution in [1.29, 1.82) is 0 Å². The van der Waals surface area contributed by atoms with Crippen LogP contribution >= 0.6 is 0 Å². The van der Waals surface area contributed by atoms with Crippen LogP contribution in [0.5, 0.6) is 0 Å². The first-order chi connectivity index (χ1) is 14.2. The molecule has 0 saturated carbocycles. The van der Waals surface area contributed by atoms with E-state index in [0.29, 0.717) is 17.3 Å². The average molecular weight is 393 g/mol. The lowest BCUT2D eigenvalue weighted by Gasteiger charge is -2.32. The second kappa shape index (κ2) is 8.96. The molecule has 4 rings (SSSR count). The summed E-state index contributed by atoms with van der Waals surface area (Å²) in [6.07, 6.45) is 4.60. The Labute approximate surface area is 170 Å². The first kappa shape index (κ1) is 19.3. The minimum absolute atomic E-state index is 0.193. The molecule has 7 heteroatoms. The molecule has 1 aliphatic heterocycles. The molecule has 2 aromatic heterocycles. The summed E-state index contributed by atoms with van der Waals surface area (Å²) in [7, 11) is 1.80. The smallest absolute Gasteiger partial charge is 0.320 e. The highest BCUT2D eigenvalue weighted by atomic mass is 16.3. The lowest BCUT2D eigenvalue weighted by molar-refractivity contribution is 0.197. The summed E-state index contributed by atoms with van der Waals surface area (Å²) in [4.78, 5) is 14.9. The van der Waals surface area contributed by atoms with E-state index in [4.69, 9.17) is 4.42 Å². The van der Waals surface area contributed by atoms with Crippen molar-refractivity contribution in [3.05, 3.63) is 60.4 Å². The van der Waals surface area contributed by atoms with Gasteiger partial charge in [0.25, 0.3) is 0 Å². The van der Waals surface area contributed by atoms with Gasteiger partial charge >= 0.3 is 6.03 Å². The average Bonchev–Trinajstić information content (AvgIpc) is 3.39. The molecule has 0 spiro atoms. The van der Waals surface area contributed by atoms with Crippen molar-refractivity contribution in [3.63, 3.8) is 0 Å². The van der Waals surface area contributed by atoms with Crippen LogP contribution in [0.1, 0.15) is 18.4 Å². The van der Waals surface area contributed by atoms with Crippen LogP contribution in [0.4, 0.5) is 10.6 Å². The van der Waals surface area contributed by atoms with Crippen molar-refractivity contribution in [2.75, 3.05) is 25.0 Å². The second-order valence-corrected chi connectivity index (χ2v) is 7.47. The molecule has 0 aliphatic carbocycles. The molecule has 152 valence electrons. The fourth-order valence-corrected chi connectivity index (χ4v) is 3.70. The zero-order valence-electron chi connectivity index (χ0n) is 16.7. The van der Waals surface area contributed by atoms with Crippen LogP contribution in [0, 0.1) is 0 Å². The number of nitrogens with zero attached hydrogens (tertiary/aromatic N) is 3. The molecule has 1 saturated heterocycles. The van der Waals surface area contributed by atoms with Crippen molar-refractivity contribution >= 4 is 11.8 Å². The molecule has 1 aliphatic rings. The molecule has 2 N–H and O–H groups in total. The van der Waals surface area contributed by atoms with Crippen LogP contribution in [0.2, 0.25) is 0 Å². The molecule has 3 aromatic rings. The van der Waals surface area contributed by atoms with Gasteiger partial charge < -0.3 is 14.6 Å². The number of nitrogens with one attached hydrogen (secondary N) is 2. The Hall–Kier alpha value is -3.06. The third-order valence-electron chi connectivity index (χ3n) is 5.38. The Balaban J connectivity index is 1.22. The number of piperidine rings is 1. The van der Waals surface area contributed by atoms with Crippen LogP contribution in [0.15, 0.2) is 59.2 Å². The quantitative estimate of drug-likeness (QED) is 0.672. The fraction of sp³-hybridized carbons (Fsp3) is 0.364. The van der Waals surface area contributed by atoms with Gasteiger partial charge in [0.2, 0.25) is 0 Å². The highest BCUT2D eigenvalue weighted by Crippen LogP contribution is 2.21. The number of carbonyl (C=O) groups is 1. The third kappa shape index (κ3) is 5.06. The van der Waals surface area contributed by atoms with Crippen molar-refractivity contribution in [3.8, 4) is 11.5 Å². The van der Waals surface area contributed by atoms with Crippen molar-refractivity contribution in [2.24, 2.45) is 7.05 Å². The second-order valence-electron chi connectivity index (χ2n) is 7.47.